The first-order valence-corrected chi connectivity index (χ1v) is 5.88. The molecule has 0 aliphatic rings. The lowest BCUT2D eigenvalue weighted by atomic mass is 9.91. The number of nitrogens with zero attached hydrogens (tertiary/aromatic N) is 4. The van der Waals surface area contributed by atoms with Crippen LogP contribution in [0.3, 0.4) is 0 Å². The molecule has 0 spiro atoms. The highest BCUT2D eigenvalue weighted by Gasteiger charge is 2.26. The van der Waals surface area contributed by atoms with E-state index in [0.29, 0.717) is 11.4 Å². The highest BCUT2D eigenvalue weighted by atomic mass is 19.1. The predicted octanol–water partition coefficient (Wildman–Crippen LogP) is 2.19. The van der Waals surface area contributed by atoms with E-state index in [1.807, 2.05) is 20.8 Å². The molecule has 0 aliphatic carbocycles. The summed E-state index contributed by atoms with van der Waals surface area (Å²) in [6.45, 7) is 5.74. The predicted molar refractivity (Wildman–Crippen MR) is 71.1 cm³/mol. The minimum atomic E-state index is -0.899. The molecular weight excluding hydrogens is 265 g/mol. The quantitative estimate of drug-likeness (QED) is 0.671. The van der Waals surface area contributed by atoms with Crippen molar-refractivity contribution < 1.29 is 9.31 Å². The number of nitro groups is 1. The molecule has 2 aromatic rings. The summed E-state index contributed by atoms with van der Waals surface area (Å²) in [5.41, 5.74) is 5.76. The third-order valence-electron chi connectivity index (χ3n) is 2.78. The van der Waals surface area contributed by atoms with Gasteiger partial charge in [0.1, 0.15) is 0 Å². The number of hydrogen-bond donors (Lipinski definition) is 1. The highest BCUT2D eigenvalue weighted by Crippen LogP contribution is 2.29. The molecule has 0 atom stereocenters. The number of aromatic nitrogens is 3. The minimum absolute atomic E-state index is 0.240. The summed E-state index contributed by atoms with van der Waals surface area (Å²) < 4.78 is 14.8. The van der Waals surface area contributed by atoms with Gasteiger partial charge in [0, 0.05) is 11.5 Å². The number of nitrogens with two attached hydrogens (primary N) is 1. The summed E-state index contributed by atoms with van der Waals surface area (Å²) in [5.74, 6) is -0.659. The second kappa shape index (κ2) is 4.55. The molecule has 0 radical (unpaired) electrons. The smallest absolute Gasteiger partial charge is 0.306 e. The number of rotatable bonds is 2. The van der Waals surface area contributed by atoms with E-state index in [1.54, 1.807) is 0 Å². The molecule has 1 heterocycles. The van der Waals surface area contributed by atoms with Crippen LogP contribution in [-0.4, -0.2) is 19.9 Å². The van der Waals surface area contributed by atoms with Gasteiger partial charge in [-0.15, -0.1) is 5.10 Å². The average Bonchev–Trinajstić information content (AvgIpc) is 2.71. The Morgan fingerprint density at radius 2 is 2.05 bits per heavy atom. The number of hydrogen-bond acceptors (Lipinski definition) is 5. The van der Waals surface area contributed by atoms with E-state index >= 15 is 0 Å². The Labute approximate surface area is 114 Å². The Morgan fingerprint density at radius 3 is 2.60 bits per heavy atom. The summed E-state index contributed by atoms with van der Waals surface area (Å²) in [6.07, 6.45) is 0. The van der Waals surface area contributed by atoms with Crippen LogP contribution in [0.5, 0.6) is 0 Å². The zero-order valence-corrected chi connectivity index (χ0v) is 11.3. The molecule has 0 saturated carbocycles. The Morgan fingerprint density at radius 1 is 1.40 bits per heavy atom. The molecule has 0 unspecified atom stereocenters. The fourth-order valence-electron chi connectivity index (χ4n) is 1.95. The van der Waals surface area contributed by atoms with Gasteiger partial charge < -0.3 is 5.73 Å². The van der Waals surface area contributed by atoms with Gasteiger partial charge in [0.2, 0.25) is 5.82 Å². The van der Waals surface area contributed by atoms with Crippen molar-refractivity contribution in [1.29, 1.82) is 0 Å². The van der Waals surface area contributed by atoms with Crippen molar-refractivity contribution in [2.24, 2.45) is 0 Å². The monoisotopic (exact) mass is 279 g/mol. The van der Waals surface area contributed by atoms with Crippen molar-refractivity contribution in [3.63, 3.8) is 0 Å². The van der Waals surface area contributed by atoms with Crippen molar-refractivity contribution in [3.8, 4) is 5.69 Å². The molecule has 1 aromatic carbocycles. The Balaban J connectivity index is 2.64. The summed E-state index contributed by atoms with van der Waals surface area (Å²) in [7, 11) is 0. The lowest BCUT2D eigenvalue weighted by Gasteiger charge is -2.20. The summed E-state index contributed by atoms with van der Waals surface area (Å²) in [6, 6.07) is 3.53. The molecule has 0 saturated heterocycles. The summed E-state index contributed by atoms with van der Waals surface area (Å²) >= 11 is 0. The number of nitro benzene ring substituents is 1. The lowest BCUT2D eigenvalue weighted by Crippen LogP contribution is -2.19. The summed E-state index contributed by atoms with van der Waals surface area (Å²) in [5, 5.41) is 18.5. The van der Waals surface area contributed by atoms with Crippen molar-refractivity contribution in [2.75, 3.05) is 5.73 Å². The molecular formula is C12H14FN5O2. The highest BCUT2D eigenvalue weighted by molar-refractivity contribution is 5.48. The average molecular weight is 279 g/mol. The zero-order chi connectivity index (χ0) is 15.1. The maximum atomic E-state index is 13.4. The first kappa shape index (κ1) is 13.9. The molecule has 2 rings (SSSR count). The van der Waals surface area contributed by atoms with E-state index in [1.165, 1.54) is 10.7 Å². The number of benzene rings is 1. The first-order chi connectivity index (χ1) is 9.21. The Bertz CT molecular complexity index is 675. The van der Waals surface area contributed by atoms with Crippen LogP contribution in [0, 0.1) is 15.9 Å². The van der Waals surface area contributed by atoms with Gasteiger partial charge in [0.05, 0.1) is 16.3 Å². The van der Waals surface area contributed by atoms with Gasteiger partial charge in [0.15, 0.2) is 5.82 Å². The van der Waals surface area contributed by atoms with Gasteiger partial charge in [-0.1, -0.05) is 26.0 Å². The largest absolute Gasteiger partial charge is 0.381 e. The molecule has 20 heavy (non-hydrogen) atoms. The molecule has 0 fully saturated rings. The van der Waals surface area contributed by atoms with Crippen LogP contribution in [0.25, 0.3) is 5.69 Å². The van der Waals surface area contributed by atoms with Crippen molar-refractivity contribution in [2.45, 2.75) is 26.2 Å². The second-order valence-electron chi connectivity index (χ2n) is 5.38. The van der Waals surface area contributed by atoms with E-state index in [-0.39, 0.29) is 11.2 Å². The van der Waals surface area contributed by atoms with Crippen LogP contribution < -0.4 is 5.73 Å². The molecule has 0 aliphatic heterocycles. The van der Waals surface area contributed by atoms with E-state index in [4.69, 9.17) is 5.73 Å². The molecule has 8 heteroatoms. The normalized spacial score (nSPS) is 11.6. The third kappa shape index (κ3) is 2.31. The Hall–Kier alpha value is -2.51. The van der Waals surface area contributed by atoms with Crippen LogP contribution in [0.2, 0.25) is 0 Å². The molecule has 2 N–H and O–H groups in total. The van der Waals surface area contributed by atoms with E-state index in [2.05, 4.69) is 10.3 Å². The zero-order valence-electron chi connectivity index (χ0n) is 11.3. The number of anilines is 1. The van der Waals surface area contributed by atoms with Gasteiger partial charge in [-0.05, 0) is 12.1 Å². The molecule has 7 nitrogen and oxygen atoms in total. The standard InChI is InChI=1S/C12H14FN5O2/c1-12(2,3)10-11(14)15-16-17(10)7-4-5-8(13)9(6-7)18(19)20/h4-6H,14H2,1-3H3. The minimum Gasteiger partial charge on any atom is -0.381 e. The maximum Gasteiger partial charge on any atom is 0.306 e. The number of nitrogen functional groups attached to an aromatic ring is 1. The second-order valence-corrected chi connectivity index (χ2v) is 5.38. The maximum absolute atomic E-state index is 13.4. The van der Waals surface area contributed by atoms with Crippen LogP contribution in [0.1, 0.15) is 26.5 Å². The van der Waals surface area contributed by atoms with Gasteiger partial charge in [-0.25, -0.2) is 4.68 Å². The first-order valence-electron chi connectivity index (χ1n) is 5.88. The molecule has 0 bridgehead atoms. The van der Waals surface area contributed by atoms with Crippen LogP contribution >= 0.6 is 0 Å². The van der Waals surface area contributed by atoms with Crippen LogP contribution in [0.15, 0.2) is 18.2 Å². The van der Waals surface area contributed by atoms with Crippen LogP contribution in [0.4, 0.5) is 15.9 Å². The van der Waals surface area contributed by atoms with Gasteiger partial charge in [0.25, 0.3) is 0 Å². The third-order valence-corrected chi connectivity index (χ3v) is 2.78. The number of halogens is 1. The molecule has 0 amide bonds. The fourth-order valence-corrected chi connectivity index (χ4v) is 1.95. The van der Waals surface area contributed by atoms with E-state index in [0.717, 1.165) is 12.1 Å². The van der Waals surface area contributed by atoms with Gasteiger partial charge >= 0.3 is 5.69 Å². The van der Waals surface area contributed by atoms with Crippen LogP contribution in [-0.2, 0) is 5.41 Å². The lowest BCUT2D eigenvalue weighted by molar-refractivity contribution is -0.387. The van der Waals surface area contributed by atoms with Gasteiger partial charge in [-0.2, -0.15) is 4.39 Å². The summed E-state index contributed by atoms with van der Waals surface area (Å²) in [4.78, 5) is 10.0. The SMILES string of the molecule is CC(C)(C)c1c(N)nnn1-c1ccc(F)c([N+](=O)[O-])c1. The van der Waals surface area contributed by atoms with Crippen molar-refractivity contribution in [1.82, 2.24) is 15.0 Å². The molecule has 1 aromatic heterocycles. The van der Waals surface area contributed by atoms with E-state index < -0.39 is 16.4 Å². The Kier molecular flexibility index (Phi) is 3.16. The van der Waals surface area contributed by atoms with Crippen molar-refractivity contribution >= 4 is 11.5 Å². The van der Waals surface area contributed by atoms with E-state index in [9.17, 15) is 14.5 Å². The molecule has 106 valence electrons. The fraction of sp³-hybridized carbons (Fsp3) is 0.333. The van der Waals surface area contributed by atoms with Crippen molar-refractivity contribution in [3.05, 3.63) is 39.8 Å². The van der Waals surface area contributed by atoms with Gasteiger partial charge in [-0.3, -0.25) is 10.1 Å². The topological polar surface area (TPSA) is 99.9 Å².